The van der Waals surface area contributed by atoms with Gasteiger partial charge >= 0.3 is 6.18 Å². The SMILES string of the molecule is Cc1nn(C)c(C)c1-c1cc(Cl)cc2c3ccncc3n(CC(F)(F)F)c12. The first-order valence-corrected chi connectivity index (χ1v) is 8.68. The van der Waals surface area contributed by atoms with E-state index in [-0.39, 0.29) is 0 Å². The van der Waals surface area contributed by atoms with Gasteiger partial charge in [0.1, 0.15) is 6.54 Å². The molecule has 0 aliphatic rings. The average molecular weight is 393 g/mol. The summed E-state index contributed by atoms with van der Waals surface area (Å²) in [7, 11) is 1.81. The Morgan fingerprint density at radius 2 is 1.89 bits per heavy atom. The molecule has 140 valence electrons. The fourth-order valence-electron chi connectivity index (χ4n) is 3.74. The molecular formula is C19H16ClF3N4. The summed E-state index contributed by atoms with van der Waals surface area (Å²) in [5, 5.41) is 6.23. The summed E-state index contributed by atoms with van der Waals surface area (Å²) < 4.78 is 43.1. The van der Waals surface area contributed by atoms with Gasteiger partial charge in [-0.05, 0) is 32.0 Å². The number of benzene rings is 1. The molecule has 0 saturated heterocycles. The van der Waals surface area contributed by atoms with Crippen LogP contribution >= 0.6 is 11.6 Å². The van der Waals surface area contributed by atoms with Gasteiger partial charge in [0, 0.05) is 45.9 Å². The molecule has 0 amide bonds. The minimum Gasteiger partial charge on any atom is -0.329 e. The van der Waals surface area contributed by atoms with E-state index in [0.717, 1.165) is 17.0 Å². The number of aromatic nitrogens is 4. The van der Waals surface area contributed by atoms with Crippen molar-refractivity contribution in [1.29, 1.82) is 0 Å². The zero-order valence-corrected chi connectivity index (χ0v) is 15.7. The molecule has 4 rings (SSSR count). The van der Waals surface area contributed by atoms with E-state index in [1.807, 2.05) is 20.9 Å². The first kappa shape index (κ1) is 17.9. The predicted octanol–water partition coefficient (Wildman–Crippen LogP) is 5.42. The highest BCUT2D eigenvalue weighted by molar-refractivity contribution is 6.32. The van der Waals surface area contributed by atoms with Crippen LogP contribution in [0, 0.1) is 13.8 Å². The van der Waals surface area contributed by atoms with Crippen LogP contribution in [0.1, 0.15) is 11.4 Å². The van der Waals surface area contributed by atoms with E-state index in [1.54, 1.807) is 29.1 Å². The van der Waals surface area contributed by atoms with Gasteiger partial charge in [-0.1, -0.05) is 11.6 Å². The van der Waals surface area contributed by atoms with E-state index in [1.165, 1.54) is 10.8 Å². The van der Waals surface area contributed by atoms with Crippen molar-refractivity contribution >= 4 is 33.4 Å². The minimum absolute atomic E-state index is 0.424. The molecule has 0 atom stereocenters. The van der Waals surface area contributed by atoms with Gasteiger partial charge < -0.3 is 4.57 Å². The maximum absolute atomic E-state index is 13.4. The first-order chi connectivity index (χ1) is 12.7. The molecular weight excluding hydrogens is 377 g/mol. The largest absolute Gasteiger partial charge is 0.406 e. The molecule has 0 spiro atoms. The van der Waals surface area contributed by atoms with E-state index < -0.39 is 12.7 Å². The molecule has 8 heteroatoms. The van der Waals surface area contributed by atoms with Crippen LogP contribution in [0.3, 0.4) is 0 Å². The molecule has 0 fully saturated rings. The van der Waals surface area contributed by atoms with Gasteiger partial charge in [-0.3, -0.25) is 9.67 Å². The van der Waals surface area contributed by atoms with Crippen molar-refractivity contribution in [3.8, 4) is 11.1 Å². The fourth-order valence-corrected chi connectivity index (χ4v) is 3.96. The Kier molecular flexibility index (Phi) is 3.96. The zero-order chi connectivity index (χ0) is 19.5. The van der Waals surface area contributed by atoms with Crippen molar-refractivity contribution in [3.05, 3.63) is 47.0 Å². The third kappa shape index (κ3) is 2.86. The number of hydrogen-bond donors (Lipinski definition) is 0. The highest BCUT2D eigenvalue weighted by atomic mass is 35.5. The highest BCUT2D eigenvalue weighted by Gasteiger charge is 2.31. The van der Waals surface area contributed by atoms with Gasteiger partial charge in [-0.15, -0.1) is 0 Å². The van der Waals surface area contributed by atoms with Gasteiger partial charge in [-0.2, -0.15) is 18.3 Å². The summed E-state index contributed by atoms with van der Waals surface area (Å²) in [6.45, 7) is 2.62. The molecule has 4 nitrogen and oxygen atoms in total. The summed E-state index contributed by atoms with van der Waals surface area (Å²) in [6, 6.07) is 5.13. The van der Waals surface area contributed by atoms with E-state index in [9.17, 15) is 13.2 Å². The van der Waals surface area contributed by atoms with Crippen LogP contribution in [0.15, 0.2) is 30.6 Å². The summed E-state index contributed by atoms with van der Waals surface area (Å²) >= 11 is 6.35. The van der Waals surface area contributed by atoms with E-state index in [0.29, 0.717) is 32.4 Å². The van der Waals surface area contributed by atoms with Gasteiger partial charge in [-0.25, -0.2) is 0 Å². The number of pyridine rings is 1. The highest BCUT2D eigenvalue weighted by Crippen LogP contribution is 2.41. The van der Waals surface area contributed by atoms with Crippen LogP contribution in [-0.2, 0) is 13.6 Å². The second kappa shape index (κ2) is 5.99. The molecule has 0 N–H and O–H groups in total. The monoisotopic (exact) mass is 392 g/mol. The van der Waals surface area contributed by atoms with Crippen molar-refractivity contribution < 1.29 is 13.2 Å². The molecule has 27 heavy (non-hydrogen) atoms. The smallest absolute Gasteiger partial charge is 0.329 e. The van der Waals surface area contributed by atoms with Gasteiger partial charge in [0.05, 0.1) is 22.9 Å². The summed E-state index contributed by atoms with van der Waals surface area (Å²) in [5.41, 5.74) is 3.94. The Balaban J connectivity index is 2.20. The van der Waals surface area contributed by atoms with Crippen molar-refractivity contribution in [2.75, 3.05) is 0 Å². The van der Waals surface area contributed by atoms with Crippen LogP contribution in [0.2, 0.25) is 5.02 Å². The molecule has 0 bridgehead atoms. The van der Waals surface area contributed by atoms with Crippen molar-refractivity contribution in [2.45, 2.75) is 26.6 Å². The molecule has 0 aliphatic heterocycles. The quantitative estimate of drug-likeness (QED) is 0.456. The third-order valence-electron chi connectivity index (χ3n) is 4.84. The number of aryl methyl sites for hydroxylation is 2. The summed E-state index contributed by atoms with van der Waals surface area (Å²) in [6.07, 6.45) is -1.34. The van der Waals surface area contributed by atoms with Gasteiger partial charge in [0.2, 0.25) is 0 Å². The lowest BCUT2D eigenvalue weighted by Crippen LogP contribution is -2.17. The number of alkyl halides is 3. The Labute approximate surface area is 158 Å². The lowest BCUT2D eigenvalue weighted by molar-refractivity contribution is -0.139. The van der Waals surface area contributed by atoms with Gasteiger partial charge in [0.15, 0.2) is 0 Å². The Hall–Kier alpha value is -2.54. The Morgan fingerprint density at radius 1 is 1.15 bits per heavy atom. The maximum Gasteiger partial charge on any atom is 0.406 e. The predicted molar refractivity (Wildman–Crippen MR) is 100.0 cm³/mol. The molecule has 0 saturated carbocycles. The number of halogens is 4. The molecule has 0 radical (unpaired) electrons. The van der Waals surface area contributed by atoms with Gasteiger partial charge in [0.25, 0.3) is 0 Å². The summed E-state index contributed by atoms with van der Waals surface area (Å²) in [4.78, 5) is 4.03. The van der Waals surface area contributed by atoms with E-state index in [4.69, 9.17) is 11.6 Å². The lowest BCUT2D eigenvalue weighted by Gasteiger charge is -2.14. The second-order valence-electron chi connectivity index (χ2n) is 6.61. The lowest BCUT2D eigenvalue weighted by atomic mass is 10.0. The number of fused-ring (bicyclic) bond motifs is 3. The number of rotatable bonds is 2. The van der Waals surface area contributed by atoms with Crippen molar-refractivity contribution in [1.82, 2.24) is 19.3 Å². The van der Waals surface area contributed by atoms with Crippen LogP contribution in [0.5, 0.6) is 0 Å². The van der Waals surface area contributed by atoms with Crippen LogP contribution in [-0.4, -0.2) is 25.5 Å². The molecule has 4 aromatic rings. The standard InChI is InChI=1S/C19H16ClF3N4/c1-10-17(11(2)26(3)25-10)15-7-12(20)6-14-13-4-5-24-8-16(13)27(18(14)15)9-19(21,22)23/h4-8H,9H2,1-3H3. The fraction of sp³-hybridized carbons (Fsp3) is 0.263. The molecule has 0 unspecified atom stereocenters. The number of nitrogens with zero attached hydrogens (tertiary/aromatic N) is 4. The first-order valence-electron chi connectivity index (χ1n) is 8.30. The molecule has 3 aromatic heterocycles. The molecule has 1 aromatic carbocycles. The Bertz CT molecular complexity index is 1190. The topological polar surface area (TPSA) is 35.6 Å². The van der Waals surface area contributed by atoms with Crippen molar-refractivity contribution in [2.24, 2.45) is 7.05 Å². The maximum atomic E-state index is 13.4. The molecule has 3 heterocycles. The second-order valence-corrected chi connectivity index (χ2v) is 7.05. The van der Waals surface area contributed by atoms with E-state index >= 15 is 0 Å². The minimum atomic E-state index is -4.37. The third-order valence-corrected chi connectivity index (χ3v) is 5.06. The normalized spacial score (nSPS) is 12.4. The van der Waals surface area contributed by atoms with Crippen LogP contribution < -0.4 is 0 Å². The average Bonchev–Trinajstić information content (AvgIpc) is 3.01. The zero-order valence-electron chi connectivity index (χ0n) is 14.9. The Morgan fingerprint density at radius 3 is 2.52 bits per heavy atom. The summed E-state index contributed by atoms with van der Waals surface area (Å²) in [5.74, 6) is 0. The molecule has 0 aliphatic carbocycles. The van der Waals surface area contributed by atoms with Crippen LogP contribution in [0.4, 0.5) is 13.2 Å². The van der Waals surface area contributed by atoms with E-state index in [2.05, 4.69) is 10.1 Å². The van der Waals surface area contributed by atoms with Crippen molar-refractivity contribution in [3.63, 3.8) is 0 Å². The number of hydrogen-bond acceptors (Lipinski definition) is 2. The van der Waals surface area contributed by atoms with Crippen LogP contribution in [0.25, 0.3) is 32.9 Å².